The molecular formula is C17H14BrN3O2. The van der Waals surface area contributed by atoms with Crippen LogP contribution in [-0.4, -0.2) is 10.9 Å². The lowest BCUT2D eigenvalue weighted by Crippen LogP contribution is -2.15. The van der Waals surface area contributed by atoms with Gasteiger partial charge >= 0.3 is 0 Å². The lowest BCUT2D eigenvalue weighted by atomic mass is 10.1. The van der Waals surface area contributed by atoms with Gasteiger partial charge in [0.1, 0.15) is 12.3 Å². The van der Waals surface area contributed by atoms with Gasteiger partial charge in [-0.1, -0.05) is 46.3 Å². The first-order valence-corrected chi connectivity index (χ1v) is 7.75. The standard InChI is InChI=1S/C17H14BrN3O2/c18-12-6-8-13(9-7-12)20-16(22)14-10-23-17(21-14)15(19)11-4-2-1-3-5-11/h1-10,15H,19H2,(H,20,22). The summed E-state index contributed by atoms with van der Waals surface area (Å²) in [5.74, 6) is -0.0419. The van der Waals surface area contributed by atoms with Crippen LogP contribution in [0.2, 0.25) is 0 Å². The Kier molecular flexibility index (Phi) is 4.55. The molecule has 5 nitrogen and oxygen atoms in total. The molecule has 0 saturated carbocycles. The van der Waals surface area contributed by atoms with E-state index in [2.05, 4.69) is 26.2 Å². The van der Waals surface area contributed by atoms with Crippen LogP contribution < -0.4 is 11.1 Å². The Labute approximate surface area is 141 Å². The molecule has 1 atom stereocenters. The van der Waals surface area contributed by atoms with Crippen LogP contribution in [-0.2, 0) is 0 Å². The molecule has 1 aromatic heterocycles. The summed E-state index contributed by atoms with van der Waals surface area (Å²) in [6, 6.07) is 16.2. The Morgan fingerprint density at radius 3 is 2.52 bits per heavy atom. The first-order valence-electron chi connectivity index (χ1n) is 6.96. The smallest absolute Gasteiger partial charge is 0.277 e. The van der Waals surface area contributed by atoms with E-state index >= 15 is 0 Å². The van der Waals surface area contributed by atoms with Gasteiger partial charge in [-0.3, -0.25) is 4.79 Å². The molecule has 0 aliphatic heterocycles. The fourth-order valence-corrected chi connectivity index (χ4v) is 2.33. The van der Waals surface area contributed by atoms with Crippen LogP contribution in [0.5, 0.6) is 0 Å². The monoisotopic (exact) mass is 371 g/mol. The summed E-state index contributed by atoms with van der Waals surface area (Å²) in [7, 11) is 0. The van der Waals surface area contributed by atoms with Gasteiger partial charge in [-0.25, -0.2) is 4.98 Å². The van der Waals surface area contributed by atoms with E-state index in [0.29, 0.717) is 11.6 Å². The maximum atomic E-state index is 12.2. The minimum Gasteiger partial charge on any atom is -0.446 e. The Balaban J connectivity index is 1.73. The molecule has 0 aliphatic rings. The van der Waals surface area contributed by atoms with Crippen LogP contribution in [0.25, 0.3) is 0 Å². The van der Waals surface area contributed by atoms with Crippen molar-refractivity contribution in [3.63, 3.8) is 0 Å². The first kappa shape index (κ1) is 15.5. The average Bonchev–Trinajstić information content (AvgIpc) is 3.07. The molecular weight excluding hydrogens is 358 g/mol. The highest BCUT2D eigenvalue weighted by atomic mass is 79.9. The van der Waals surface area contributed by atoms with Crippen LogP contribution in [0.4, 0.5) is 5.69 Å². The van der Waals surface area contributed by atoms with Gasteiger partial charge in [0.2, 0.25) is 5.89 Å². The van der Waals surface area contributed by atoms with Gasteiger partial charge in [-0.2, -0.15) is 0 Å². The number of carbonyl (C=O) groups excluding carboxylic acids is 1. The van der Waals surface area contributed by atoms with Gasteiger partial charge in [-0.15, -0.1) is 0 Å². The predicted molar refractivity (Wildman–Crippen MR) is 91.1 cm³/mol. The van der Waals surface area contributed by atoms with Gasteiger partial charge in [0.15, 0.2) is 5.69 Å². The van der Waals surface area contributed by atoms with Gasteiger partial charge in [0.25, 0.3) is 5.91 Å². The van der Waals surface area contributed by atoms with Crippen molar-refractivity contribution in [3.05, 3.63) is 82.5 Å². The second-order valence-corrected chi connectivity index (χ2v) is 5.84. The molecule has 0 fully saturated rings. The zero-order chi connectivity index (χ0) is 16.2. The Bertz CT molecular complexity index is 800. The van der Waals surface area contributed by atoms with Crippen LogP contribution in [0.15, 0.2) is 69.8 Å². The number of benzene rings is 2. The summed E-state index contributed by atoms with van der Waals surface area (Å²) in [4.78, 5) is 16.4. The number of anilines is 1. The fourth-order valence-electron chi connectivity index (χ4n) is 2.07. The fraction of sp³-hybridized carbons (Fsp3) is 0.0588. The number of nitrogens with two attached hydrogens (primary N) is 1. The van der Waals surface area contributed by atoms with Crippen molar-refractivity contribution in [2.45, 2.75) is 6.04 Å². The molecule has 0 aliphatic carbocycles. The van der Waals surface area contributed by atoms with Crippen molar-refractivity contribution < 1.29 is 9.21 Å². The lowest BCUT2D eigenvalue weighted by Gasteiger charge is -2.06. The quantitative estimate of drug-likeness (QED) is 0.731. The van der Waals surface area contributed by atoms with Crippen molar-refractivity contribution in [1.29, 1.82) is 0 Å². The van der Waals surface area contributed by atoms with Gasteiger partial charge in [0.05, 0.1) is 0 Å². The second-order valence-electron chi connectivity index (χ2n) is 4.92. The Morgan fingerprint density at radius 1 is 1.13 bits per heavy atom. The highest BCUT2D eigenvalue weighted by molar-refractivity contribution is 9.10. The van der Waals surface area contributed by atoms with Crippen LogP contribution in [0.1, 0.15) is 28.0 Å². The number of carbonyl (C=O) groups is 1. The summed E-state index contributed by atoms with van der Waals surface area (Å²) in [5.41, 5.74) is 7.84. The average molecular weight is 372 g/mol. The van der Waals surface area contributed by atoms with E-state index in [1.165, 1.54) is 6.26 Å². The summed E-state index contributed by atoms with van der Waals surface area (Å²) in [5, 5.41) is 2.75. The number of oxazole rings is 1. The third kappa shape index (κ3) is 3.67. The molecule has 0 bridgehead atoms. The summed E-state index contributed by atoms with van der Waals surface area (Å²) >= 11 is 3.34. The van der Waals surface area contributed by atoms with Gasteiger partial charge < -0.3 is 15.5 Å². The van der Waals surface area contributed by atoms with E-state index in [9.17, 15) is 4.79 Å². The number of amides is 1. The summed E-state index contributed by atoms with van der Waals surface area (Å²) < 4.78 is 6.29. The van der Waals surface area contributed by atoms with E-state index in [1.807, 2.05) is 42.5 Å². The number of hydrogen-bond acceptors (Lipinski definition) is 4. The highest BCUT2D eigenvalue weighted by Gasteiger charge is 2.18. The molecule has 0 saturated heterocycles. The number of nitrogens with zero attached hydrogens (tertiary/aromatic N) is 1. The molecule has 116 valence electrons. The second kappa shape index (κ2) is 6.76. The number of halogens is 1. The molecule has 3 N–H and O–H groups in total. The number of aromatic nitrogens is 1. The molecule has 0 radical (unpaired) electrons. The predicted octanol–water partition coefficient (Wildman–Crippen LogP) is 3.74. The topological polar surface area (TPSA) is 81.1 Å². The first-order chi connectivity index (χ1) is 11.1. The van der Waals surface area contributed by atoms with E-state index in [1.54, 1.807) is 12.1 Å². The van der Waals surface area contributed by atoms with Crippen LogP contribution in [0, 0.1) is 0 Å². The normalized spacial score (nSPS) is 11.9. The SMILES string of the molecule is NC(c1ccccc1)c1nc(C(=O)Nc2ccc(Br)cc2)co1. The molecule has 1 amide bonds. The Morgan fingerprint density at radius 2 is 1.83 bits per heavy atom. The molecule has 0 spiro atoms. The third-order valence-electron chi connectivity index (χ3n) is 3.28. The maximum absolute atomic E-state index is 12.2. The molecule has 2 aromatic carbocycles. The molecule has 23 heavy (non-hydrogen) atoms. The molecule has 6 heteroatoms. The molecule has 3 rings (SSSR count). The Hall–Kier alpha value is -2.44. The van der Waals surface area contributed by atoms with E-state index in [-0.39, 0.29) is 11.6 Å². The van der Waals surface area contributed by atoms with Gasteiger partial charge in [-0.05, 0) is 29.8 Å². The zero-order valence-electron chi connectivity index (χ0n) is 12.1. The summed E-state index contributed by atoms with van der Waals surface area (Å²) in [6.07, 6.45) is 1.31. The van der Waals surface area contributed by atoms with Crippen LogP contribution in [0.3, 0.4) is 0 Å². The van der Waals surface area contributed by atoms with Gasteiger partial charge in [0, 0.05) is 10.2 Å². The largest absolute Gasteiger partial charge is 0.446 e. The van der Waals surface area contributed by atoms with E-state index < -0.39 is 6.04 Å². The van der Waals surface area contributed by atoms with Crippen LogP contribution >= 0.6 is 15.9 Å². The van der Waals surface area contributed by atoms with Crippen molar-refractivity contribution in [2.24, 2.45) is 5.73 Å². The lowest BCUT2D eigenvalue weighted by molar-refractivity contribution is 0.102. The van der Waals surface area contributed by atoms with Crippen molar-refractivity contribution in [3.8, 4) is 0 Å². The highest BCUT2D eigenvalue weighted by Crippen LogP contribution is 2.19. The van der Waals surface area contributed by atoms with E-state index in [0.717, 1.165) is 10.0 Å². The molecule has 1 heterocycles. The van der Waals surface area contributed by atoms with Crippen molar-refractivity contribution in [1.82, 2.24) is 4.98 Å². The third-order valence-corrected chi connectivity index (χ3v) is 3.81. The van der Waals surface area contributed by atoms with Crippen molar-refractivity contribution in [2.75, 3.05) is 5.32 Å². The minimum atomic E-state index is -0.509. The maximum Gasteiger partial charge on any atom is 0.277 e. The minimum absolute atomic E-state index is 0.189. The summed E-state index contributed by atoms with van der Waals surface area (Å²) in [6.45, 7) is 0. The molecule has 3 aromatic rings. The zero-order valence-corrected chi connectivity index (χ0v) is 13.7. The molecule has 1 unspecified atom stereocenters. The van der Waals surface area contributed by atoms with E-state index in [4.69, 9.17) is 10.2 Å². The van der Waals surface area contributed by atoms with Crippen molar-refractivity contribution >= 4 is 27.5 Å². The number of hydrogen-bond donors (Lipinski definition) is 2. The number of rotatable bonds is 4. The number of nitrogens with one attached hydrogen (secondary N) is 1.